The molecule has 0 amide bonds. The smallest absolute Gasteiger partial charge is 0.229 e. The van der Waals surface area contributed by atoms with Crippen molar-refractivity contribution in [2.45, 2.75) is 0 Å². The van der Waals surface area contributed by atoms with Crippen LogP contribution in [0.2, 0.25) is 0 Å². The van der Waals surface area contributed by atoms with Gasteiger partial charge in [-0.05, 0) is 23.8 Å². The van der Waals surface area contributed by atoms with Crippen LogP contribution < -0.4 is 0 Å². The van der Waals surface area contributed by atoms with Crippen LogP contribution in [-0.4, -0.2) is 34.9 Å². The first-order valence-corrected chi connectivity index (χ1v) is 7.82. The highest BCUT2D eigenvalue weighted by atomic mass is 16.8. The van der Waals surface area contributed by atoms with E-state index >= 15 is 0 Å². The lowest BCUT2D eigenvalue weighted by atomic mass is 10.2. The van der Waals surface area contributed by atoms with Crippen LogP contribution in [0, 0.1) is 22.3 Å². The third-order valence-corrected chi connectivity index (χ3v) is 3.62. The van der Waals surface area contributed by atoms with Gasteiger partial charge in [-0.3, -0.25) is 4.99 Å². The summed E-state index contributed by atoms with van der Waals surface area (Å²) in [5.74, 6) is 6.47. The minimum absolute atomic E-state index is 0.328. The maximum Gasteiger partial charge on any atom is 0.229 e. The summed E-state index contributed by atoms with van der Waals surface area (Å²) in [6.07, 6.45) is 2.91. The molecule has 124 valence electrons. The van der Waals surface area contributed by atoms with Crippen LogP contribution in [0.1, 0.15) is 11.1 Å². The van der Waals surface area contributed by atoms with Gasteiger partial charge in [-0.25, -0.2) is 0 Å². The lowest BCUT2D eigenvalue weighted by Crippen LogP contribution is -2.29. The summed E-state index contributed by atoms with van der Waals surface area (Å²) in [6, 6.07) is 19.4. The molecule has 0 atom stereocenters. The Kier molecular flexibility index (Phi) is 5.13. The highest BCUT2D eigenvalue weighted by Crippen LogP contribution is 2.17. The van der Waals surface area contributed by atoms with E-state index in [-0.39, 0.29) is 0 Å². The Bertz CT molecular complexity index is 871. The van der Waals surface area contributed by atoms with Gasteiger partial charge in [0.1, 0.15) is 0 Å². The van der Waals surface area contributed by atoms with Crippen molar-refractivity contribution in [2.75, 3.05) is 13.1 Å². The summed E-state index contributed by atoms with van der Waals surface area (Å²) in [7, 11) is 0. The van der Waals surface area contributed by atoms with Crippen LogP contribution in [0.25, 0.3) is 6.08 Å². The molecule has 0 N–H and O–H groups in total. The van der Waals surface area contributed by atoms with E-state index in [1.54, 1.807) is 4.90 Å². The predicted molar refractivity (Wildman–Crippen MR) is 99.8 cm³/mol. The number of aliphatic imine (C=N–C) groups is 1. The molecule has 0 unspecified atom stereocenters. The summed E-state index contributed by atoms with van der Waals surface area (Å²) < 4.78 is 0. The number of hydrogen-bond acceptors (Lipinski definition) is 4. The minimum atomic E-state index is -0.484. The molecule has 5 heteroatoms. The molecular formula is C20H16N3O2-. The molecule has 2 aromatic carbocycles. The van der Waals surface area contributed by atoms with Crippen molar-refractivity contribution in [1.29, 1.82) is 0 Å². The maximum atomic E-state index is 10.8. The Morgan fingerprint density at radius 1 is 1.04 bits per heavy atom. The van der Waals surface area contributed by atoms with Gasteiger partial charge in [0, 0.05) is 11.3 Å². The van der Waals surface area contributed by atoms with Crippen LogP contribution in [0.3, 0.4) is 0 Å². The van der Waals surface area contributed by atoms with Crippen LogP contribution in [-0.2, 0) is 0 Å². The third-order valence-electron chi connectivity index (χ3n) is 3.62. The molecule has 0 radical (unpaired) electrons. The second-order valence-corrected chi connectivity index (χ2v) is 5.39. The fraction of sp³-hybridized carbons (Fsp3) is 0.100. The average molecular weight is 330 g/mol. The highest BCUT2D eigenvalue weighted by Gasteiger charge is 2.22. The Morgan fingerprint density at radius 2 is 1.72 bits per heavy atom. The van der Waals surface area contributed by atoms with Gasteiger partial charge in [-0.15, -0.1) is 0 Å². The number of hydrogen-bond donors (Lipinski definition) is 0. The molecule has 1 aliphatic heterocycles. The van der Waals surface area contributed by atoms with Crippen LogP contribution in [0.4, 0.5) is 0 Å². The molecule has 0 aliphatic carbocycles. The van der Waals surface area contributed by atoms with Crippen LogP contribution in [0.15, 0.2) is 71.4 Å². The van der Waals surface area contributed by atoms with Gasteiger partial charge in [0.15, 0.2) is 5.84 Å². The van der Waals surface area contributed by atoms with E-state index in [0.717, 1.165) is 23.0 Å². The zero-order chi connectivity index (χ0) is 17.5. The number of benzene rings is 2. The van der Waals surface area contributed by atoms with Crippen molar-refractivity contribution in [3.05, 3.63) is 87.9 Å². The van der Waals surface area contributed by atoms with Crippen LogP contribution >= 0.6 is 0 Å². The standard InChI is InChI=1S/C20H16N3O2/c24-23(25)16-20-21-15-19(14-18-10-5-2-6-11-18)22(20)13-7-12-17-8-3-1-4-9-17/h1-6,8-11,14,16H,13,15H2/q-1/b19-14+. The largest absolute Gasteiger partial charge is 0.612 e. The van der Waals surface area contributed by atoms with Gasteiger partial charge in [0.25, 0.3) is 0 Å². The fourth-order valence-electron chi connectivity index (χ4n) is 2.47. The number of nitrogens with zero attached hydrogens (tertiary/aromatic N) is 3. The molecule has 0 aromatic heterocycles. The van der Waals surface area contributed by atoms with Gasteiger partial charge >= 0.3 is 0 Å². The summed E-state index contributed by atoms with van der Waals surface area (Å²) >= 11 is 0. The van der Waals surface area contributed by atoms with Gasteiger partial charge in [0.2, 0.25) is 6.21 Å². The second kappa shape index (κ2) is 7.84. The number of amidine groups is 1. The van der Waals surface area contributed by atoms with Crippen molar-refractivity contribution >= 4 is 18.1 Å². The van der Waals surface area contributed by atoms with Crippen molar-refractivity contribution in [2.24, 2.45) is 4.99 Å². The minimum Gasteiger partial charge on any atom is -0.612 e. The van der Waals surface area contributed by atoms with E-state index in [1.807, 2.05) is 66.7 Å². The Morgan fingerprint density at radius 3 is 2.40 bits per heavy atom. The monoisotopic (exact) mass is 330 g/mol. The summed E-state index contributed by atoms with van der Waals surface area (Å²) in [4.78, 5) is 5.57. The molecule has 0 fully saturated rings. The van der Waals surface area contributed by atoms with Gasteiger partial charge in [-0.1, -0.05) is 60.4 Å². The first-order chi connectivity index (χ1) is 12.2. The first-order valence-electron chi connectivity index (χ1n) is 7.82. The van der Waals surface area contributed by atoms with E-state index in [0.29, 0.717) is 18.9 Å². The lowest BCUT2D eigenvalue weighted by Gasteiger charge is -2.17. The molecule has 1 heterocycles. The highest BCUT2D eigenvalue weighted by molar-refractivity contribution is 6.29. The molecule has 1 aliphatic rings. The van der Waals surface area contributed by atoms with E-state index in [4.69, 9.17) is 0 Å². The van der Waals surface area contributed by atoms with E-state index in [9.17, 15) is 10.4 Å². The summed E-state index contributed by atoms with van der Waals surface area (Å²) in [5.41, 5.74) is 2.82. The van der Waals surface area contributed by atoms with Gasteiger partial charge in [0.05, 0.1) is 13.1 Å². The molecule has 2 aromatic rings. The summed E-state index contributed by atoms with van der Waals surface area (Å²) in [5, 5.41) is 21.7. The Hall–Kier alpha value is -3.52. The van der Waals surface area contributed by atoms with Gasteiger partial charge in [-0.2, -0.15) is 4.90 Å². The van der Waals surface area contributed by atoms with Crippen molar-refractivity contribution in [3.63, 3.8) is 0 Å². The Labute approximate surface area is 146 Å². The zero-order valence-corrected chi connectivity index (χ0v) is 13.5. The number of rotatable bonds is 3. The predicted octanol–water partition coefficient (Wildman–Crippen LogP) is 2.87. The van der Waals surface area contributed by atoms with Crippen molar-refractivity contribution in [3.8, 4) is 11.8 Å². The molecule has 25 heavy (non-hydrogen) atoms. The topological polar surface area (TPSA) is 64.7 Å². The summed E-state index contributed by atoms with van der Waals surface area (Å²) in [6.45, 7) is 0.748. The molecule has 0 saturated carbocycles. The Balaban J connectivity index is 1.84. The molecular weight excluding hydrogens is 314 g/mol. The lowest BCUT2D eigenvalue weighted by molar-refractivity contribution is -0.371. The van der Waals surface area contributed by atoms with E-state index in [2.05, 4.69) is 16.8 Å². The second-order valence-electron chi connectivity index (χ2n) is 5.39. The molecule has 5 nitrogen and oxygen atoms in total. The van der Waals surface area contributed by atoms with Crippen molar-refractivity contribution in [1.82, 2.24) is 4.90 Å². The SMILES string of the molecule is [O-][N+]([O-])=CC1=NC/C(=C\c2ccccc2)N1CC#Cc1ccccc1. The van der Waals surface area contributed by atoms with Crippen molar-refractivity contribution < 1.29 is 4.90 Å². The quantitative estimate of drug-likeness (QED) is 0.376. The molecule has 3 rings (SSSR count). The molecule has 0 saturated heterocycles. The normalized spacial score (nSPS) is 14.6. The maximum absolute atomic E-state index is 10.8. The van der Waals surface area contributed by atoms with E-state index < -0.39 is 4.90 Å². The van der Waals surface area contributed by atoms with E-state index in [1.165, 1.54) is 0 Å². The third kappa shape index (κ3) is 4.49. The average Bonchev–Trinajstić information content (AvgIpc) is 2.98. The van der Waals surface area contributed by atoms with Gasteiger partial charge < -0.3 is 15.3 Å². The van der Waals surface area contributed by atoms with Crippen LogP contribution in [0.5, 0.6) is 0 Å². The molecule has 0 spiro atoms. The fourth-order valence-corrected chi connectivity index (χ4v) is 2.47. The molecule has 0 bridgehead atoms. The first kappa shape index (κ1) is 16.3. The zero-order valence-electron chi connectivity index (χ0n) is 13.5.